The van der Waals surface area contributed by atoms with Crippen LogP contribution in [-0.2, 0) is 19.1 Å². The Hall–Kier alpha value is -3.74. The third kappa shape index (κ3) is 9.96. The maximum Gasteiger partial charge on any atom is 0.408 e. The number of primary amides is 1. The second-order valence-corrected chi connectivity index (χ2v) is 9.00. The van der Waals surface area contributed by atoms with Crippen molar-refractivity contribution in [1.29, 1.82) is 0 Å². The first-order valence-electron chi connectivity index (χ1n) is 11.5. The van der Waals surface area contributed by atoms with Crippen molar-refractivity contribution in [3.8, 4) is 18.2 Å². The van der Waals surface area contributed by atoms with Crippen LogP contribution in [-0.4, -0.2) is 52.0 Å². The van der Waals surface area contributed by atoms with Crippen molar-refractivity contribution in [1.82, 2.24) is 15.5 Å². The van der Waals surface area contributed by atoms with E-state index in [0.717, 1.165) is 24.2 Å². The van der Waals surface area contributed by atoms with Crippen LogP contribution >= 0.6 is 0 Å². The average Bonchev–Trinajstić information content (AvgIpc) is 2.76. The molecule has 10 nitrogen and oxygen atoms in total. The topological polar surface area (TPSA) is 151 Å². The molecule has 0 fully saturated rings. The average molecular weight is 489 g/mol. The van der Waals surface area contributed by atoms with Gasteiger partial charge in [0.1, 0.15) is 17.4 Å². The predicted molar refractivity (Wildman–Crippen MR) is 131 cm³/mol. The number of terminal acetylenes is 1. The summed E-state index contributed by atoms with van der Waals surface area (Å²) in [5.41, 5.74) is 4.50. The molecule has 0 bridgehead atoms. The van der Waals surface area contributed by atoms with Crippen LogP contribution in [0.1, 0.15) is 71.4 Å². The molecular formula is C25H36N4O6. The Labute approximate surface area is 206 Å². The molecule has 192 valence electrons. The number of benzene rings is 1. The van der Waals surface area contributed by atoms with Gasteiger partial charge in [0.05, 0.1) is 0 Å². The minimum absolute atomic E-state index is 0.109. The molecule has 0 saturated carbocycles. The minimum Gasteiger partial charge on any atom is -0.508 e. The highest BCUT2D eigenvalue weighted by molar-refractivity contribution is 5.94. The Kier molecular flexibility index (Phi) is 11.6. The van der Waals surface area contributed by atoms with Crippen LogP contribution in [0.15, 0.2) is 24.3 Å². The van der Waals surface area contributed by atoms with Crippen LogP contribution in [0, 0.1) is 12.5 Å². The molecule has 0 aliphatic heterocycles. The zero-order valence-electron chi connectivity index (χ0n) is 20.8. The molecule has 10 heteroatoms. The summed E-state index contributed by atoms with van der Waals surface area (Å²) < 4.78 is 5.22. The Morgan fingerprint density at radius 2 is 1.86 bits per heavy atom. The van der Waals surface area contributed by atoms with Gasteiger partial charge in [0.25, 0.3) is 5.91 Å². The lowest BCUT2D eigenvalue weighted by molar-refractivity contribution is -0.138. The van der Waals surface area contributed by atoms with Gasteiger partial charge in [-0.15, -0.1) is 0 Å². The van der Waals surface area contributed by atoms with Crippen LogP contribution in [0.4, 0.5) is 4.79 Å². The first kappa shape index (κ1) is 29.3. The van der Waals surface area contributed by atoms with E-state index >= 15 is 0 Å². The number of phenols is 1. The van der Waals surface area contributed by atoms with E-state index in [2.05, 4.69) is 16.7 Å². The number of aromatic hydroxyl groups is 1. The van der Waals surface area contributed by atoms with E-state index in [1.54, 1.807) is 32.9 Å². The molecule has 1 aromatic carbocycles. The van der Waals surface area contributed by atoms with Crippen LogP contribution in [0.25, 0.3) is 0 Å². The van der Waals surface area contributed by atoms with Gasteiger partial charge in [0, 0.05) is 24.6 Å². The molecule has 0 saturated heterocycles. The third-order valence-electron chi connectivity index (χ3n) is 4.86. The van der Waals surface area contributed by atoms with Crippen molar-refractivity contribution in [3.05, 3.63) is 29.8 Å². The van der Waals surface area contributed by atoms with Gasteiger partial charge in [0.2, 0.25) is 11.8 Å². The highest BCUT2D eigenvalue weighted by Gasteiger charge is 2.37. The van der Waals surface area contributed by atoms with Gasteiger partial charge in [-0.25, -0.2) is 4.79 Å². The van der Waals surface area contributed by atoms with E-state index in [1.165, 1.54) is 12.1 Å². The molecule has 0 aliphatic rings. The standard InChI is InChI=1S/C25H36N4O6/c1-6-8-11-16-27-22(32)21(17-12-9-10-13-19(17)30)29(7-2)23(33)18(14-15-20(26)31)28-24(34)35-25(3,4)5/h2,9-10,12-13,18,21,30H,6,8,11,14-16H2,1,3-5H3,(H2,26,31)(H,27,32)(H,28,34). The Bertz CT molecular complexity index is 935. The van der Waals surface area contributed by atoms with Crippen molar-refractivity contribution >= 4 is 23.8 Å². The van der Waals surface area contributed by atoms with Crippen LogP contribution < -0.4 is 16.4 Å². The number of rotatable bonds is 12. The van der Waals surface area contributed by atoms with Gasteiger partial charge in [-0.2, -0.15) is 0 Å². The molecule has 0 heterocycles. The number of amides is 4. The van der Waals surface area contributed by atoms with Crippen molar-refractivity contribution in [2.45, 2.75) is 77.5 Å². The number of carbonyl (C=O) groups is 4. The number of phenolic OH excluding ortho intramolecular Hbond substituents is 1. The summed E-state index contributed by atoms with van der Waals surface area (Å²) >= 11 is 0. The number of nitrogens with one attached hydrogen (secondary N) is 2. The first-order chi connectivity index (χ1) is 16.4. The number of alkyl carbamates (subject to hydrolysis) is 1. The molecule has 0 radical (unpaired) electrons. The number of nitrogens with zero attached hydrogens (tertiary/aromatic N) is 1. The SMILES string of the molecule is C#CN(C(=O)C(CCC(N)=O)NC(=O)OC(C)(C)C)C(C(=O)NCCCCC)c1ccccc1O. The molecule has 2 atom stereocenters. The molecule has 1 aromatic rings. The van der Waals surface area contributed by atoms with E-state index in [9.17, 15) is 24.3 Å². The van der Waals surface area contributed by atoms with E-state index in [0.29, 0.717) is 6.54 Å². The van der Waals surface area contributed by atoms with Gasteiger partial charge in [-0.1, -0.05) is 44.4 Å². The van der Waals surface area contributed by atoms with E-state index < -0.39 is 41.5 Å². The fraction of sp³-hybridized carbons (Fsp3) is 0.520. The van der Waals surface area contributed by atoms with Crippen molar-refractivity contribution in [2.75, 3.05) is 6.54 Å². The molecule has 5 N–H and O–H groups in total. The number of hydrogen-bond acceptors (Lipinski definition) is 6. The van der Waals surface area contributed by atoms with Gasteiger partial charge in [-0.3, -0.25) is 19.3 Å². The largest absolute Gasteiger partial charge is 0.508 e. The second-order valence-electron chi connectivity index (χ2n) is 9.00. The maximum absolute atomic E-state index is 13.5. The Balaban J connectivity index is 3.32. The summed E-state index contributed by atoms with van der Waals surface area (Å²) in [6.07, 6.45) is 6.93. The maximum atomic E-state index is 13.5. The van der Waals surface area contributed by atoms with Crippen molar-refractivity contribution in [2.24, 2.45) is 5.73 Å². The lowest BCUT2D eigenvalue weighted by Crippen LogP contribution is -2.51. The second kappa shape index (κ2) is 13.8. The molecule has 0 aliphatic carbocycles. The van der Waals surface area contributed by atoms with Gasteiger partial charge >= 0.3 is 6.09 Å². The Morgan fingerprint density at radius 3 is 2.40 bits per heavy atom. The van der Waals surface area contributed by atoms with Crippen molar-refractivity contribution < 1.29 is 29.0 Å². The number of nitrogens with two attached hydrogens (primary N) is 1. The van der Waals surface area contributed by atoms with Gasteiger partial charge in [0.15, 0.2) is 6.04 Å². The summed E-state index contributed by atoms with van der Waals surface area (Å²) in [6.45, 7) is 7.33. The highest BCUT2D eigenvalue weighted by atomic mass is 16.6. The third-order valence-corrected chi connectivity index (χ3v) is 4.86. The molecule has 1 rings (SSSR count). The normalized spacial score (nSPS) is 12.5. The monoisotopic (exact) mass is 488 g/mol. The lowest BCUT2D eigenvalue weighted by Gasteiger charge is -2.30. The summed E-state index contributed by atoms with van der Waals surface area (Å²) in [6, 6.07) is 5.51. The molecular weight excluding hydrogens is 452 g/mol. The molecule has 0 spiro atoms. The quantitative estimate of drug-likeness (QED) is 0.201. The zero-order valence-corrected chi connectivity index (χ0v) is 20.8. The summed E-state index contributed by atoms with van der Waals surface area (Å²) in [7, 11) is 0. The number of unbranched alkanes of at least 4 members (excludes halogenated alkanes) is 2. The summed E-state index contributed by atoms with van der Waals surface area (Å²) in [5, 5.41) is 15.6. The predicted octanol–water partition coefficient (Wildman–Crippen LogP) is 2.32. The summed E-state index contributed by atoms with van der Waals surface area (Å²) in [4.78, 5) is 51.2. The van der Waals surface area contributed by atoms with Crippen LogP contribution in [0.2, 0.25) is 0 Å². The molecule has 0 aromatic heterocycles. The highest BCUT2D eigenvalue weighted by Crippen LogP contribution is 2.29. The van der Waals surface area contributed by atoms with E-state index in [-0.39, 0.29) is 24.2 Å². The van der Waals surface area contributed by atoms with Crippen LogP contribution in [0.3, 0.4) is 0 Å². The molecule has 4 amide bonds. The first-order valence-corrected chi connectivity index (χ1v) is 11.5. The molecule has 35 heavy (non-hydrogen) atoms. The Morgan fingerprint density at radius 1 is 1.20 bits per heavy atom. The van der Waals surface area contributed by atoms with E-state index in [4.69, 9.17) is 16.9 Å². The van der Waals surface area contributed by atoms with Crippen LogP contribution in [0.5, 0.6) is 5.75 Å². The van der Waals surface area contributed by atoms with E-state index in [1.807, 2.05) is 6.92 Å². The summed E-state index contributed by atoms with van der Waals surface area (Å²) in [5.74, 6) is -2.36. The minimum atomic E-state index is -1.38. The zero-order chi connectivity index (χ0) is 26.6. The van der Waals surface area contributed by atoms with Gasteiger partial charge in [-0.05, 0) is 39.7 Å². The lowest BCUT2D eigenvalue weighted by atomic mass is 10.0. The number of carbonyl (C=O) groups excluding carboxylic acids is 4. The number of hydrogen-bond donors (Lipinski definition) is 4. The molecule has 2 unspecified atom stereocenters. The van der Waals surface area contributed by atoms with Crippen molar-refractivity contribution in [3.63, 3.8) is 0 Å². The number of para-hydroxylation sites is 1. The fourth-order valence-corrected chi connectivity index (χ4v) is 3.23. The number of ether oxygens (including phenoxy) is 1. The fourth-order valence-electron chi connectivity index (χ4n) is 3.23. The smallest absolute Gasteiger partial charge is 0.408 e. The van der Waals surface area contributed by atoms with Gasteiger partial charge < -0.3 is 26.2 Å².